The van der Waals surface area contributed by atoms with Gasteiger partial charge in [-0.25, -0.2) is 0 Å². The van der Waals surface area contributed by atoms with Crippen LogP contribution in [0.5, 0.6) is 0 Å². The molecule has 2 N–H and O–H groups in total. The highest BCUT2D eigenvalue weighted by atomic mass is 14.7. The maximum Gasteiger partial charge on any atom is 0.0447 e. The molecule has 0 amide bonds. The molecule has 1 aromatic heterocycles. The summed E-state index contributed by atoms with van der Waals surface area (Å²) in [5, 5.41) is 0. The smallest absolute Gasteiger partial charge is 0.0447 e. The number of hydrogen-bond acceptors (Lipinski definition) is 2. The van der Waals surface area contributed by atoms with Crippen molar-refractivity contribution >= 4 is 0 Å². The van der Waals surface area contributed by atoms with E-state index >= 15 is 0 Å². The predicted octanol–water partition coefficient (Wildman–Crippen LogP) is 2.95. The lowest BCUT2D eigenvalue weighted by molar-refractivity contribution is 0.433. The normalized spacial score (nSPS) is 14.9. The summed E-state index contributed by atoms with van der Waals surface area (Å²) in [6.07, 6.45) is 5.54. The summed E-state index contributed by atoms with van der Waals surface area (Å²) in [7, 11) is 0. The predicted molar refractivity (Wildman–Crippen MR) is 64.7 cm³/mol. The molecule has 0 saturated carbocycles. The van der Waals surface area contributed by atoms with Crippen LogP contribution in [0, 0.1) is 5.92 Å². The first-order valence-electron chi connectivity index (χ1n) is 5.88. The van der Waals surface area contributed by atoms with Crippen LogP contribution >= 0.6 is 0 Å². The second-order valence-corrected chi connectivity index (χ2v) is 4.32. The van der Waals surface area contributed by atoms with E-state index in [1.54, 1.807) is 0 Å². The summed E-state index contributed by atoms with van der Waals surface area (Å²) >= 11 is 0. The molecule has 2 atom stereocenters. The molecule has 0 aliphatic heterocycles. The molecule has 0 spiro atoms. The van der Waals surface area contributed by atoms with Crippen molar-refractivity contribution in [2.24, 2.45) is 11.7 Å². The SMILES string of the molecule is CCC[C@@H](C)C[C@@H](CN)c1ccccn1. The van der Waals surface area contributed by atoms with Gasteiger partial charge in [-0.3, -0.25) is 4.98 Å². The van der Waals surface area contributed by atoms with E-state index in [0.29, 0.717) is 12.5 Å². The first kappa shape index (κ1) is 12.2. The maximum absolute atomic E-state index is 5.81. The third-order valence-corrected chi connectivity index (χ3v) is 2.86. The van der Waals surface area contributed by atoms with Gasteiger partial charge in [0.25, 0.3) is 0 Å². The Bertz CT molecular complexity index is 258. The van der Waals surface area contributed by atoms with Crippen molar-refractivity contribution in [1.29, 1.82) is 0 Å². The van der Waals surface area contributed by atoms with Crippen molar-refractivity contribution in [3.63, 3.8) is 0 Å². The second kappa shape index (κ2) is 6.57. The third kappa shape index (κ3) is 4.00. The van der Waals surface area contributed by atoms with Gasteiger partial charge in [0.15, 0.2) is 0 Å². The Morgan fingerprint density at radius 3 is 2.73 bits per heavy atom. The van der Waals surface area contributed by atoms with Crippen LogP contribution in [0.15, 0.2) is 24.4 Å². The largest absolute Gasteiger partial charge is 0.330 e. The Morgan fingerprint density at radius 1 is 1.40 bits per heavy atom. The highest BCUT2D eigenvalue weighted by Crippen LogP contribution is 2.23. The molecule has 0 aromatic carbocycles. The van der Waals surface area contributed by atoms with E-state index in [-0.39, 0.29) is 0 Å². The number of nitrogens with zero attached hydrogens (tertiary/aromatic N) is 1. The maximum atomic E-state index is 5.81. The van der Waals surface area contributed by atoms with Gasteiger partial charge < -0.3 is 5.73 Å². The quantitative estimate of drug-likeness (QED) is 0.777. The van der Waals surface area contributed by atoms with Gasteiger partial charge in [0.2, 0.25) is 0 Å². The van der Waals surface area contributed by atoms with E-state index in [9.17, 15) is 0 Å². The Labute approximate surface area is 92.9 Å². The Hall–Kier alpha value is -0.890. The fraction of sp³-hybridized carbons (Fsp3) is 0.615. The summed E-state index contributed by atoms with van der Waals surface area (Å²) in [6.45, 7) is 5.23. The molecule has 2 nitrogen and oxygen atoms in total. The molecule has 15 heavy (non-hydrogen) atoms. The first-order chi connectivity index (χ1) is 7.27. The van der Waals surface area contributed by atoms with Crippen LogP contribution in [0.25, 0.3) is 0 Å². The molecule has 0 fully saturated rings. The number of hydrogen-bond donors (Lipinski definition) is 1. The van der Waals surface area contributed by atoms with Gasteiger partial charge in [0, 0.05) is 24.4 Å². The highest BCUT2D eigenvalue weighted by molar-refractivity contribution is 5.09. The summed E-state index contributed by atoms with van der Waals surface area (Å²) in [6, 6.07) is 6.07. The van der Waals surface area contributed by atoms with Crippen molar-refractivity contribution < 1.29 is 0 Å². The molecule has 1 heterocycles. The lowest BCUT2D eigenvalue weighted by Gasteiger charge is -2.18. The van der Waals surface area contributed by atoms with Crippen LogP contribution in [0.4, 0.5) is 0 Å². The van der Waals surface area contributed by atoms with Crippen LogP contribution in [0.1, 0.15) is 44.7 Å². The number of pyridine rings is 1. The van der Waals surface area contributed by atoms with Crippen molar-refractivity contribution in [1.82, 2.24) is 4.98 Å². The van der Waals surface area contributed by atoms with Crippen LogP contribution in [0.2, 0.25) is 0 Å². The fourth-order valence-electron chi connectivity index (χ4n) is 2.05. The second-order valence-electron chi connectivity index (χ2n) is 4.32. The van der Waals surface area contributed by atoms with Crippen LogP contribution < -0.4 is 5.73 Å². The van der Waals surface area contributed by atoms with Crippen LogP contribution in [0.3, 0.4) is 0 Å². The zero-order valence-corrected chi connectivity index (χ0v) is 9.82. The Kier molecular flexibility index (Phi) is 5.33. The van der Waals surface area contributed by atoms with E-state index in [1.165, 1.54) is 12.8 Å². The minimum absolute atomic E-state index is 0.424. The average molecular weight is 206 g/mol. The standard InChI is InChI=1S/C13H22N2/c1-3-6-11(2)9-12(10-14)13-7-4-5-8-15-13/h4-5,7-8,11-12H,3,6,9-10,14H2,1-2H3/t11-,12+/m1/s1. The lowest BCUT2D eigenvalue weighted by atomic mass is 9.90. The Balaban J connectivity index is 2.56. The van der Waals surface area contributed by atoms with Gasteiger partial charge in [-0.05, 0) is 24.5 Å². The molecule has 2 heteroatoms. The number of rotatable bonds is 6. The molecular weight excluding hydrogens is 184 g/mol. The van der Waals surface area contributed by atoms with E-state index in [0.717, 1.165) is 18.0 Å². The molecule has 84 valence electrons. The summed E-state index contributed by atoms with van der Waals surface area (Å²) in [4.78, 5) is 4.38. The number of nitrogens with two attached hydrogens (primary N) is 1. The monoisotopic (exact) mass is 206 g/mol. The van der Waals surface area contributed by atoms with Crippen molar-refractivity contribution in [2.75, 3.05) is 6.54 Å². The molecule has 0 saturated heterocycles. The van der Waals surface area contributed by atoms with E-state index in [1.807, 2.05) is 18.3 Å². The van der Waals surface area contributed by atoms with Gasteiger partial charge >= 0.3 is 0 Å². The molecule has 0 bridgehead atoms. The van der Waals surface area contributed by atoms with Crippen molar-refractivity contribution in [2.45, 2.75) is 39.0 Å². The highest BCUT2D eigenvalue weighted by Gasteiger charge is 2.14. The summed E-state index contributed by atoms with van der Waals surface area (Å²) < 4.78 is 0. The minimum atomic E-state index is 0.424. The molecule has 0 aliphatic carbocycles. The Morgan fingerprint density at radius 2 is 2.20 bits per heavy atom. The van der Waals surface area contributed by atoms with E-state index in [2.05, 4.69) is 24.9 Å². The van der Waals surface area contributed by atoms with E-state index < -0.39 is 0 Å². The molecule has 1 aromatic rings. The first-order valence-corrected chi connectivity index (χ1v) is 5.88. The summed E-state index contributed by atoms with van der Waals surface area (Å²) in [5.74, 6) is 1.17. The van der Waals surface area contributed by atoms with E-state index in [4.69, 9.17) is 5.73 Å². The van der Waals surface area contributed by atoms with Crippen molar-refractivity contribution in [3.05, 3.63) is 30.1 Å². The zero-order valence-electron chi connectivity index (χ0n) is 9.82. The zero-order chi connectivity index (χ0) is 11.1. The van der Waals surface area contributed by atoms with Crippen LogP contribution in [-0.2, 0) is 0 Å². The average Bonchev–Trinajstić information content (AvgIpc) is 2.27. The van der Waals surface area contributed by atoms with Gasteiger partial charge in [-0.1, -0.05) is 32.8 Å². The molecule has 0 unspecified atom stereocenters. The number of aromatic nitrogens is 1. The topological polar surface area (TPSA) is 38.9 Å². The molecule has 0 radical (unpaired) electrons. The van der Waals surface area contributed by atoms with Gasteiger partial charge in [0.1, 0.15) is 0 Å². The molecular formula is C13H22N2. The molecule has 0 aliphatic rings. The van der Waals surface area contributed by atoms with Crippen LogP contribution in [-0.4, -0.2) is 11.5 Å². The fourth-order valence-corrected chi connectivity index (χ4v) is 2.05. The van der Waals surface area contributed by atoms with Gasteiger partial charge in [0.05, 0.1) is 0 Å². The molecule has 1 rings (SSSR count). The van der Waals surface area contributed by atoms with Crippen molar-refractivity contribution in [3.8, 4) is 0 Å². The third-order valence-electron chi connectivity index (χ3n) is 2.86. The minimum Gasteiger partial charge on any atom is -0.330 e. The lowest BCUT2D eigenvalue weighted by Crippen LogP contribution is -2.16. The van der Waals surface area contributed by atoms with Gasteiger partial charge in [-0.2, -0.15) is 0 Å². The summed E-state index contributed by atoms with van der Waals surface area (Å²) in [5.41, 5.74) is 6.95. The van der Waals surface area contributed by atoms with Gasteiger partial charge in [-0.15, -0.1) is 0 Å².